The van der Waals surface area contributed by atoms with Crippen molar-refractivity contribution in [3.8, 4) is 22.8 Å². The summed E-state index contributed by atoms with van der Waals surface area (Å²) in [7, 11) is -4.58. The number of halogens is 5. The third-order valence-electron chi connectivity index (χ3n) is 6.45. The standard InChI is InChI=1S/C30H20BrCl2F2N2O6PS/c31-24-12-18(8-9-20(24)16-44(40,42-34)43-35)15-37(21-10-11-25(32)26(33)14-21)30-36-27(17-45-30)19-4-3-5-22(13-19)41-28-7-2-1-6-23(28)29(38)39/h1-14,17H,15-16H2,(H,38,39). The van der Waals surface area contributed by atoms with E-state index >= 15 is 0 Å². The average molecular weight is 756 g/mol. The van der Waals surface area contributed by atoms with E-state index in [2.05, 4.69) is 25.4 Å². The lowest BCUT2D eigenvalue weighted by molar-refractivity contribution is -0.0881. The second-order valence-electron chi connectivity index (χ2n) is 9.46. The van der Waals surface area contributed by atoms with Crippen molar-refractivity contribution in [2.24, 2.45) is 0 Å². The van der Waals surface area contributed by atoms with Crippen molar-refractivity contribution in [3.05, 3.63) is 122 Å². The molecule has 232 valence electrons. The molecule has 0 aliphatic rings. The molecule has 15 heteroatoms. The van der Waals surface area contributed by atoms with Crippen molar-refractivity contribution in [2.45, 2.75) is 12.7 Å². The van der Waals surface area contributed by atoms with Gasteiger partial charge >= 0.3 is 13.6 Å². The maximum absolute atomic E-state index is 12.6. The topological polar surface area (TPSA) is 98.2 Å². The molecule has 0 unspecified atom stereocenters. The lowest BCUT2D eigenvalue weighted by Crippen LogP contribution is -2.16. The molecular formula is C30H20BrCl2F2N2O6PS. The van der Waals surface area contributed by atoms with E-state index in [1.165, 1.54) is 17.4 Å². The molecule has 4 aromatic carbocycles. The van der Waals surface area contributed by atoms with Crippen molar-refractivity contribution in [1.82, 2.24) is 4.98 Å². The van der Waals surface area contributed by atoms with Gasteiger partial charge in [0.25, 0.3) is 0 Å². The third kappa shape index (κ3) is 7.90. The van der Waals surface area contributed by atoms with Crippen LogP contribution in [0.25, 0.3) is 11.3 Å². The Hall–Kier alpha value is -3.35. The van der Waals surface area contributed by atoms with Crippen molar-refractivity contribution >= 4 is 74.9 Å². The molecule has 0 saturated heterocycles. The Bertz CT molecular complexity index is 1910. The van der Waals surface area contributed by atoms with Gasteiger partial charge in [-0.05, 0) is 68.7 Å². The summed E-state index contributed by atoms with van der Waals surface area (Å²) in [6.07, 6.45) is -0.627. The molecule has 8 nitrogen and oxygen atoms in total. The molecule has 0 radical (unpaired) electrons. The highest BCUT2D eigenvalue weighted by Gasteiger charge is 2.29. The summed E-state index contributed by atoms with van der Waals surface area (Å²) in [4.78, 5) is 18.4. The van der Waals surface area contributed by atoms with Gasteiger partial charge in [-0.2, -0.15) is 0 Å². The van der Waals surface area contributed by atoms with Gasteiger partial charge in [-0.15, -0.1) is 20.8 Å². The number of nitrogens with zero attached hydrogens (tertiary/aromatic N) is 2. The van der Waals surface area contributed by atoms with Crippen LogP contribution < -0.4 is 9.64 Å². The average Bonchev–Trinajstić information content (AvgIpc) is 3.53. The molecule has 0 fully saturated rings. The molecule has 5 aromatic rings. The fraction of sp³-hybridized carbons (Fsp3) is 0.0667. The van der Waals surface area contributed by atoms with Crippen LogP contribution in [0.5, 0.6) is 11.5 Å². The molecule has 1 heterocycles. The zero-order chi connectivity index (χ0) is 32.1. The first-order valence-electron chi connectivity index (χ1n) is 12.8. The predicted octanol–water partition coefficient (Wildman–Crippen LogP) is 11.2. The Labute approximate surface area is 278 Å². The first kappa shape index (κ1) is 33.0. The molecule has 0 bridgehead atoms. The van der Waals surface area contributed by atoms with E-state index in [1.54, 1.807) is 72.8 Å². The van der Waals surface area contributed by atoms with Gasteiger partial charge in [0, 0.05) is 21.1 Å². The number of carboxylic acids is 1. The van der Waals surface area contributed by atoms with Crippen LogP contribution in [-0.4, -0.2) is 16.1 Å². The number of anilines is 2. The fourth-order valence-corrected chi connectivity index (χ4v) is 7.03. The highest BCUT2D eigenvalue weighted by atomic mass is 79.9. The highest BCUT2D eigenvalue weighted by Crippen LogP contribution is 2.53. The zero-order valence-electron chi connectivity index (χ0n) is 22.7. The van der Waals surface area contributed by atoms with E-state index in [0.29, 0.717) is 42.3 Å². The van der Waals surface area contributed by atoms with Crippen molar-refractivity contribution in [3.63, 3.8) is 0 Å². The van der Waals surface area contributed by atoms with Crippen LogP contribution in [0.1, 0.15) is 21.5 Å². The summed E-state index contributed by atoms with van der Waals surface area (Å²) in [5, 5.41) is 12.7. The second kappa shape index (κ2) is 14.4. The maximum Gasteiger partial charge on any atom is 0.399 e. The molecule has 5 rings (SSSR count). The predicted molar refractivity (Wildman–Crippen MR) is 173 cm³/mol. The van der Waals surface area contributed by atoms with Gasteiger partial charge in [0.15, 0.2) is 5.13 Å². The van der Waals surface area contributed by atoms with E-state index in [0.717, 1.165) is 11.1 Å². The molecule has 0 spiro atoms. The van der Waals surface area contributed by atoms with Crippen molar-refractivity contribution in [2.75, 3.05) is 4.90 Å². The molecular weight excluding hydrogens is 736 g/mol. The summed E-state index contributed by atoms with van der Waals surface area (Å²) in [6.45, 7) is 0.288. The molecule has 0 aliphatic heterocycles. The van der Waals surface area contributed by atoms with Gasteiger partial charge in [0.05, 0.1) is 28.4 Å². The third-order valence-corrected chi connectivity index (χ3v) is 9.93. The lowest BCUT2D eigenvalue weighted by atomic mass is 10.1. The molecule has 0 amide bonds. The first-order chi connectivity index (χ1) is 21.6. The zero-order valence-corrected chi connectivity index (χ0v) is 27.5. The number of hydrogen-bond acceptors (Lipinski definition) is 8. The summed E-state index contributed by atoms with van der Waals surface area (Å²) in [5.41, 5.74) is 3.17. The van der Waals surface area contributed by atoms with Gasteiger partial charge < -0.3 is 14.7 Å². The number of carbonyl (C=O) groups is 1. The van der Waals surface area contributed by atoms with Crippen LogP contribution >= 0.6 is 58.1 Å². The number of hydrogen-bond donors (Lipinski definition) is 1. The Morgan fingerprint density at radius 2 is 1.76 bits per heavy atom. The minimum atomic E-state index is -4.58. The van der Waals surface area contributed by atoms with E-state index in [4.69, 9.17) is 32.9 Å². The van der Waals surface area contributed by atoms with Crippen LogP contribution in [-0.2, 0) is 26.7 Å². The SMILES string of the molecule is O=C(O)c1ccccc1Oc1cccc(-c2csc(N(Cc3ccc(CP(=O)(OF)OF)c(Br)c3)c3ccc(Cl)c(Cl)c3)n2)c1. The molecule has 0 aliphatic carbocycles. The maximum atomic E-state index is 12.6. The molecule has 0 atom stereocenters. The lowest BCUT2D eigenvalue weighted by Gasteiger charge is -2.23. The quantitative estimate of drug-likeness (QED) is 0.126. The van der Waals surface area contributed by atoms with Crippen LogP contribution in [0.4, 0.5) is 19.9 Å². The van der Waals surface area contributed by atoms with Crippen molar-refractivity contribution in [1.29, 1.82) is 0 Å². The first-order valence-corrected chi connectivity index (χ1v) is 17.0. The van der Waals surface area contributed by atoms with E-state index in [9.17, 15) is 23.5 Å². The van der Waals surface area contributed by atoms with Crippen molar-refractivity contribution < 1.29 is 37.7 Å². The Kier molecular flexibility index (Phi) is 10.6. The summed E-state index contributed by atoms with van der Waals surface area (Å²) in [5.74, 6) is -0.457. The number of carboxylic acid groups (broad SMARTS) is 1. The minimum Gasteiger partial charge on any atom is -0.478 e. The van der Waals surface area contributed by atoms with Gasteiger partial charge in [-0.1, -0.05) is 75.5 Å². The smallest absolute Gasteiger partial charge is 0.399 e. The van der Waals surface area contributed by atoms with Gasteiger partial charge in [0.2, 0.25) is 0 Å². The normalized spacial score (nSPS) is 11.4. The molecule has 1 N–H and O–H groups in total. The number of aromatic nitrogens is 1. The van der Waals surface area contributed by atoms with Crippen LogP contribution in [0.3, 0.4) is 0 Å². The number of benzene rings is 4. The molecule has 45 heavy (non-hydrogen) atoms. The van der Waals surface area contributed by atoms with Gasteiger partial charge in [-0.3, -0.25) is 4.57 Å². The molecule has 0 saturated carbocycles. The largest absolute Gasteiger partial charge is 0.478 e. The van der Waals surface area contributed by atoms with Gasteiger partial charge in [0.1, 0.15) is 17.1 Å². The number of thiazole rings is 1. The molecule has 1 aromatic heterocycles. The number of ether oxygens (including phenoxy) is 1. The number of para-hydroxylation sites is 1. The Morgan fingerprint density at radius 1 is 0.978 bits per heavy atom. The van der Waals surface area contributed by atoms with Crippen LogP contribution in [0, 0.1) is 0 Å². The summed E-state index contributed by atoms with van der Waals surface area (Å²) in [6, 6.07) is 23.6. The minimum absolute atomic E-state index is 0.0382. The van der Waals surface area contributed by atoms with Crippen LogP contribution in [0.15, 0.2) is 94.8 Å². The number of aromatic carboxylic acids is 1. The number of rotatable bonds is 12. The fourth-order valence-electron chi connectivity index (χ4n) is 4.29. The Balaban J connectivity index is 1.45. The van der Waals surface area contributed by atoms with E-state index in [-0.39, 0.29) is 17.9 Å². The summed E-state index contributed by atoms with van der Waals surface area (Å²) < 4.78 is 50.0. The highest BCUT2D eigenvalue weighted by molar-refractivity contribution is 9.10. The van der Waals surface area contributed by atoms with E-state index < -0.39 is 19.7 Å². The van der Waals surface area contributed by atoms with Gasteiger partial charge in [-0.25, -0.2) is 9.78 Å². The summed E-state index contributed by atoms with van der Waals surface area (Å²) >= 11 is 17.3. The Morgan fingerprint density at radius 3 is 2.47 bits per heavy atom. The van der Waals surface area contributed by atoms with E-state index in [1.807, 2.05) is 16.3 Å². The monoisotopic (exact) mass is 754 g/mol. The van der Waals surface area contributed by atoms with Crippen LogP contribution in [0.2, 0.25) is 10.0 Å². The second-order valence-corrected chi connectivity index (χ2v) is 13.8.